The maximum Gasteiger partial charge on any atom is 0.416 e. The number of likely N-dealkylation sites (N-methyl/N-ethyl adjacent to an activating group) is 1. The number of halogens is 3. The van der Waals surface area contributed by atoms with Crippen LogP contribution in [0.2, 0.25) is 0 Å². The number of carboxylic acids is 1. The van der Waals surface area contributed by atoms with Crippen LogP contribution in [0.3, 0.4) is 0 Å². The van der Waals surface area contributed by atoms with Gasteiger partial charge in [0.2, 0.25) is 0 Å². The molecule has 7 heteroatoms. The first kappa shape index (κ1) is 15.0. The molecule has 1 unspecified atom stereocenters. The highest BCUT2D eigenvalue weighted by Gasteiger charge is 2.36. The van der Waals surface area contributed by atoms with E-state index in [2.05, 4.69) is 0 Å². The number of hydrogen-bond donors (Lipinski definition) is 1. The molecule has 1 N–H and O–H groups in total. The molecule has 0 saturated heterocycles. The predicted molar refractivity (Wildman–Crippen MR) is 60.1 cm³/mol. The van der Waals surface area contributed by atoms with Gasteiger partial charge in [0, 0.05) is 0 Å². The Morgan fingerprint density at radius 3 is 2.53 bits per heavy atom. The quantitative estimate of drug-likeness (QED) is 0.913. The highest BCUT2D eigenvalue weighted by atomic mass is 19.4. The molecule has 1 atom stereocenters. The lowest BCUT2D eigenvalue weighted by Crippen LogP contribution is -2.30. The Balaban J connectivity index is 3.20. The summed E-state index contributed by atoms with van der Waals surface area (Å²) in [6.45, 7) is -0.523. The standard InChI is InChI=1S/C12H11F3N2O2/c1-17(7-11(18)19)10(6-16)8-4-2-3-5-9(8)12(13,14)15/h2-5,10H,7H2,1H3,(H,18,19). The van der Waals surface area contributed by atoms with Crippen LogP contribution in [0.5, 0.6) is 0 Å². The van der Waals surface area contributed by atoms with Crippen LogP contribution in [0, 0.1) is 11.3 Å². The zero-order valence-electron chi connectivity index (χ0n) is 9.98. The summed E-state index contributed by atoms with van der Waals surface area (Å²) in [4.78, 5) is 11.6. The van der Waals surface area contributed by atoms with Gasteiger partial charge in [-0.3, -0.25) is 9.69 Å². The van der Waals surface area contributed by atoms with Crippen LogP contribution in [-0.4, -0.2) is 29.6 Å². The van der Waals surface area contributed by atoms with Crippen LogP contribution in [0.1, 0.15) is 17.2 Å². The average molecular weight is 272 g/mol. The van der Waals surface area contributed by atoms with Gasteiger partial charge in [-0.1, -0.05) is 18.2 Å². The van der Waals surface area contributed by atoms with Crippen LogP contribution in [0.15, 0.2) is 24.3 Å². The Bertz CT molecular complexity index is 508. The number of carbonyl (C=O) groups is 1. The SMILES string of the molecule is CN(CC(=O)O)C(C#N)c1ccccc1C(F)(F)F. The molecule has 0 aliphatic carbocycles. The van der Waals surface area contributed by atoms with E-state index in [1.54, 1.807) is 6.07 Å². The normalized spacial score (nSPS) is 13.1. The molecular weight excluding hydrogens is 261 g/mol. The molecule has 4 nitrogen and oxygen atoms in total. The predicted octanol–water partition coefficient (Wildman–Crippen LogP) is 2.29. The minimum atomic E-state index is -4.59. The minimum Gasteiger partial charge on any atom is -0.480 e. The first-order valence-corrected chi connectivity index (χ1v) is 5.25. The second-order valence-electron chi connectivity index (χ2n) is 3.93. The number of carboxylic acid groups (broad SMARTS) is 1. The third kappa shape index (κ3) is 3.69. The van der Waals surface area contributed by atoms with Crippen molar-refractivity contribution in [3.63, 3.8) is 0 Å². The summed E-state index contributed by atoms with van der Waals surface area (Å²) in [7, 11) is 1.29. The molecular formula is C12H11F3N2O2. The van der Waals surface area contributed by atoms with Gasteiger partial charge in [-0.05, 0) is 18.7 Å². The average Bonchev–Trinajstić information content (AvgIpc) is 2.28. The molecule has 1 rings (SSSR count). The minimum absolute atomic E-state index is 0.249. The molecule has 0 aromatic heterocycles. The maximum absolute atomic E-state index is 12.8. The summed E-state index contributed by atoms with van der Waals surface area (Å²) in [5, 5.41) is 17.6. The van der Waals surface area contributed by atoms with E-state index in [1.165, 1.54) is 25.2 Å². The highest BCUT2D eigenvalue weighted by Crippen LogP contribution is 2.35. The highest BCUT2D eigenvalue weighted by molar-refractivity contribution is 5.69. The number of aliphatic carboxylic acids is 1. The second-order valence-corrected chi connectivity index (χ2v) is 3.93. The second kappa shape index (κ2) is 5.71. The van der Waals surface area contributed by atoms with Crippen LogP contribution in [0.4, 0.5) is 13.2 Å². The van der Waals surface area contributed by atoms with Crippen molar-refractivity contribution in [1.29, 1.82) is 5.26 Å². The number of nitrogens with zero attached hydrogens (tertiary/aromatic N) is 2. The Hall–Kier alpha value is -2.07. The third-order valence-electron chi connectivity index (χ3n) is 2.51. The molecule has 0 fully saturated rings. The number of hydrogen-bond acceptors (Lipinski definition) is 3. The Morgan fingerprint density at radius 2 is 2.05 bits per heavy atom. The molecule has 0 aliphatic rings. The molecule has 0 saturated carbocycles. The van der Waals surface area contributed by atoms with E-state index >= 15 is 0 Å². The van der Waals surface area contributed by atoms with Crippen molar-refractivity contribution < 1.29 is 23.1 Å². The van der Waals surface area contributed by atoms with Crippen molar-refractivity contribution in [2.75, 3.05) is 13.6 Å². The van der Waals surface area contributed by atoms with Crippen LogP contribution in [0.25, 0.3) is 0 Å². The molecule has 0 spiro atoms. The van der Waals surface area contributed by atoms with Crippen molar-refractivity contribution in [1.82, 2.24) is 4.90 Å². The largest absolute Gasteiger partial charge is 0.480 e. The summed E-state index contributed by atoms with van der Waals surface area (Å²) in [6, 6.07) is 5.07. The van der Waals surface area contributed by atoms with Gasteiger partial charge in [0.05, 0.1) is 18.2 Å². The van der Waals surface area contributed by atoms with Crippen molar-refractivity contribution in [3.05, 3.63) is 35.4 Å². The fourth-order valence-corrected chi connectivity index (χ4v) is 1.70. The lowest BCUT2D eigenvalue weighted by molar-refractivity contribution is -0.139. The number of alkyl halides is 3. The number of nitriles is 1. The van der Waals surface area contributed by atoms with Crippen molar-refractivity contribution in [2.45, 2.75) is 12.2 Å². The Labute approximate surface area is 107 Å². The zero-order chi connectivity index (χ0) is 14.6. The summed E-state index contributed by atoms with van der Waals surface area (Å²) in [5.41, 5.74) is -1.18. The third-order valence-corrected chi connectivity index (χ3v) is 2.51. The van der Waals surface area contributed by atoms with Crippen LogP contribution >= 0.6 is 0 Å². The Morgan fingerprint density at radius 1 is 1.47 bits per heavy atom. The van der Waals surface area contributed by atoms with E-state index in [-0.39, 0.29) is 5.56 Å². The first-order valence-electron chi connectivity index (χ1n) is 5.25. The van der Waals surface area contributed by atoms with Gasteiger partial charge in [-0.2, -0.15) is 18.4 Å². The topological polar surface area (TPSA) is 64.3 Å². The van der Waals surface area contributed by atoms with Gasteiger partial charge in [0.25, 0.3) is 0 Å². The van der Waals surface area contributed by atoms with Crippen molar-refractivity contribution in [3.8, 4) is 6.07 Å². The van der Waals surface area contributed by atoms with Gasteiger partial charge in [0.15, 0.2) is 0 Å². The van der Waals surface area contributed by atoms with Crippen LogP contribution in [-0.2, 0) is 11.0 Å². The van der Waals surface area contributed by atoms with Crippen molar-refractivity contribution >= 4 is 5.97 Å². The summed E-state index contributed by atoms with van der Waals surface area (Å²) >= 11 is 0. The molecule has 0 bridgehead atoms. The van der Waals surface area contributed by atoms with E-state index in [4.69, 9.17) is 10.4 Å². The van der Waals surface area contributed by atoms with Gasteiger partial charge in [-0.25, -0.2) is 0 Å². The molecule has 1 aromatic rings. The fourth-order valence-electron chi connectivity index (χ4n) is 1.70. The molecule has 0 heterocycles. The first-order chi connectivity index (χ1) is 8.77. The number of benzene rings is 1. The van der Waals surface area contributed by atoms with E-state index in [1.807, 2.05) is 0 Å². The van der Waals surface area contributed by atoms with Gasteiger partial charge in [0.1, 0.15) is 6.04 Å². The summed E-state index contributed by atoms with van der Waals surface area (Å²) in [5.74, 6) is -1.22. The molecule has 0 amide bonds. The Kier molecular flexibility index (Phi) is 4.51. The monoisotopic (exact) mass is 272 g/mol. The van der Waals surface area contributed by atoms with Gasteiger partial charge in [-0.15, -0.1) is 0 Å². The van der Waals surface area contributed by atoms with E-state index in [0.29, 0.717) is 0 Å². The molecule has 19 heavy (non-hydrogen) atoms. The zero-order valence-corrected chi connectivity index (χ0v) is 9.98. The molecule has 102 valence electrons. The van der Waals surface area contributed by atoms with Crippen molar-refractivity contribution in [2.24, 2.45) is 0 Å². The van der Waals surface area contributed by atoms with E-state index in [0.717, 1.165) is 11.0 Å². The van der Waals surface area contributed by atoms with Crippen LogP contribution < -0.4 is 0 Å². The smallest absolute Gasteiger partial charge is 0.416 e. The molecule has 0 radical (unpaired) electrons. The maximum atomic E-state index is 12.8. The van der Waals surface area contributed by atoms with Gasteiger partial charge < -0.3 is 5.11 Å². The molecule has 0 aliphatic heterocycles. The molecule has 1 aromatic carbocycles. The summed E-state index contributed by atoms with van der Waals surface area (Å²) in [6.07, 6.45) is -4.59. The fraction of sp³-hybridized carbons (Fsp3) is 0.333. The van der Waals surface area contributed by atoms with E-state index in [9.17, 15) is 18.0 Å². The lowest BCUT2D eigenvalue weighted by Gasteiger charge is -2.23. The van der Waals surface area contributed by atoms with E-state index < -0.39 is 30.3 Å². The lowest BCUT2D eigenvalue weighted by atomic mass is 10.00. The summed E-state index contributed by atoms with van der Waals surface area (Å²) < 4.78 is 38.5. The number of rotatable bonds is 4. The van der Waals surface area contributed by atoms with Gasteiger partial charge >= 0.3 is 12.1 Å².